The third kappa shape index (κ3) is 3.95. The lowest BCUT2D eigenvalue weighted by atomic mass is 9.96. The fourth-order valence-corrected chi connectivity index (χ4v) is 3.90. The maximum atomic E-state index is 6.63. The Labute approximate surface area is 173 Å². The van der Waals surface area contributed by atoms with E-state index in [1.807, 2.05) is 0 Å². The first-order valence-electron chi connectivity index (χ1n) is 10.3. The summed E-state index contributed by atoms with van der Waals surface area (Å²) in [5, 5.41) is 0. The fourth-order valence-electron chi connectivity index (χ4n) is 3.90. The highest BCUT2D eigenvalue weighted by Gasteiger charge is 2.16. The highest BCUT2D eigenvalue weighted by Crippen LogP contribution is 2.41. The SMILES string of the molecule is CCc1cccc(Oc2cccc(CC)c2-c2ccccc2)c1-c1ccccc1. The van der Waals surface area contributed by atoms with Gasteiger partial charge in [0.05, 0.1) is 0 Å². The molecule has 29 heavy (non-hydrogen) atoms. The van der Waals surface area contributed by atoms with Gasteiger partial charge in [0.25, 0.3) is 0 Å². The summed E-state index contributed by atoms with van der Waals surface area (Å²) in [6.45, 7) is 4.39. The Bertz CT molecular complexity index is 993. The zero-order chi connectivity index (χ0) is 20.1. The summed E-state index contributed by atoms with van der Waals surface area (Å²) in [7, 11) is 0. The minimum atomic E-state index is 0.904. The monoisotopic (exact) mass is 378 g/mol. The van der Waals surface area contributed by atoms with Crippen molar-refractivity contribution in [2.24, 2.45) is 0 Å². The van der Waals surface area contributed by atoms with Crippen LogP contribution in [0, 0.1) is 0 Å². The molecule has 4 aromatic carbocycles. The van der Waals surface area contributed by atoms with Gasteiger partial charge >= 0.3 is 0 Å². The van der Waals surface area contributed by atoms with E-state index < -0.39 is 0 Å². The highest BCUT2D eigenvalue weighted by molar-refractivity contribution is 5.78. The van der Waals surface area contributed by atoms with Gasteiger partial charge in [-0.3, -0.25) is 0 Å². The van der Waals surface area contributed by atoms with Crippen LogP contribution >= 0.6 is 0 Å². The highest BCUT2D eigenvalue weighted by atomic mass is 16.5. The number of ether oxygens (including phenoxy) is 1. The average Bonchev–Trinajstić information content (AvgIpc) is 2.80. The van der Waals surface area contributed by atoms with Crippen molar-refractivity contribution >= 4 is 0 Å². The first kappa shape index (κ1) is 19.0. The molecule has 1 heteroatoms. The smallest absolute Gasteiger partial charge is 0.135 e. The second-order valence-electron chi connectivity index (χ2n) is 7.12. The molecule has 0 bridgehead atoms. The molecule has 0 aliphatic rings. The van der Waals surface area contributed by atoms with Crippen LogP contribution in [0.15, 0.2) is 97.1 Å². The number of hydrogen-bond donors (Lipinski definition) is 0. The van der Waals surface area contributed by atoms with Crippen molar-refractivity contribution in [2.45, 2.75) is 26.7 Å². The first-order valence-corrected chi connectivity index (χ1v) is 10.3. The van der Waals surface area contributed by atoms with Crippen LogP contribution in [0.3, 0.4) is 0 Å². The van der Waals surface area contributed by atoms with Gasteiger partial charge in [0.15, 0.2) is 0 Å². The van der Waals surface area contributed by atoms with E-state index in [4.69, 9.17) is 4.74 Å². The third-order valence-electron chi connectivity index (χ3n) is 5.33. The average molecular weight is 379 g/mol. The van der Waals surface area contributed by atoms with Gasteiger partial charge < -0.3 is 4.74 Å². The van der Waals surface area contributed by atoms with E-state index >= 15 is 0 Å². The molecular formula is C28H26O. The summed E-state index contributed by atoms with van der Waals surface area (Å²) in [5.74, 6) is 1.81. The van der Waals surface area contributed by atoms with Crippen LogP contribution in [-0.2, 0) is 12.8 Å². The summed E-state index contributed by atoms with van der Waals surface area (Å²) in [5.41, 5.74) is 7.32. The summed E-state index contributed by atoms with van der Waals surface area (Å²) in [6.07, 6.45) is 1.92. The maximum Gasteiger partial charge on any atom is 0.135 e. The largest absolute Gasteiger partial charge is 0.456 e. The van der Waals surface area contributed by atoms with E-state index in [1.165, 1.54) is 33.4 Å². The van der Waals surface area contributed by atoms with Crippen molar-refractivity contribution in [1.82, 2.24) is 0 Å². The van der Waals surface area contributed by atoms with Crippen molar-refractivity contribution in [3.63, 3.8) is 0 Å². The molecule has 4 aromatic rings. The quantitative estimate of drug-likeness (QED) is 0.331. The van der Waals surface area contributed by atoms with Crippen molar-refractivity contribution in [3.05, 3.63) is 108 Å². The molecule has 0 amide bonds. The molecule has 0 heterocycles. The maximum absolute atomic E-state index is 6.63. The predicted molar refractivity (Wildman–Crippen MR) is 123 cm³/mol. The van der Waals surface area contributed by atoms with Gasteiger partial charge in [0, 0.05) is 11.1 Å². The van der Waals surface area contributed by atoms with E-state index in [-0.39, 0.29) is 0 Å². The molecule has 0 radical (unpaired) electrons. The third-order valence-corrected chi connectivity index (χ3v) is 5.33. The Morgan fingerprint density at radius 2 is 0.897 bits per heavy atom. The zero-order valence-electron chi connectivity index (χ0n) is 17.1. The van der Waals surface area contributed by atoms with Gasteiger partial charge in [-0.15, -0.1) is 0 Å². The van der Waals surface area contributed by atoms with E-state index in [2.05, 4.69) is 111 Å². The van der Waals surface area contributed by atoms with E-state index in [0.717, 1.165) is 24.3 Å². The fraction of sp³-hybridized carbons (Fsp3) is 0.143. The number of aryl methyl sites for hydroxylation is 2. The standard InChI is InChI=1S/C28H26O/c1-3-21-17-11-19-25(27(21)23-13-7-5-8-14-23)29-26-20-12-18-22(4-2)28(26)24-15-9-6-10-16-24/h5-20H,3-4H2,1-2H3. The molecule has 0 saturated carbocycles. The summed E-state index contributed by atoms with van der Waals surface area (Å²) < 4.78 is 6.63. The molecule has 0 N–H and O–H groups in total. The summed E-state index contributed by atoms with van der Waals surface area (Å²) in [6, 6.07) is 33.8. The molecule has 0 unspecified atom stereocenters. The van der Waals surface area contributed by atoms with Crippen molar-refractivity contribution in [1.29, 1.82) is 0 Å². The van der Waals surface area contributed by atoms with Crippen LogP contribution in [0.2, 0.25) is 0 Å². The number of rotatable bonds is 6. The van der Waals surface area contributed by atoms with Gasteiger partial charge in [-0.1, -0.05) is 98.8 Å². The van der Waals surface area contributed by atoms with E-state index in [9.17, 15) is 0 Å². The molecule has 0 spiro atoms. The molecule has 0 atom stereocenters. The molecule has 0 aromatic heterocycles. The molecular weight excluding hydrogens is 352 g/mol. The minimum Gasteiger partial charge on any atom is -0.456 e. The molecule has 0 aliphatic heterocycles. The van der Waals surface area contributed by atoms with Crippen LogP contribution in [0.1, 0.15) is 25.0 Å². The number of hydrogen-bond acceptors (Lipinski definition) is 1. The number of benzene rings is 4. The second-order valence-corrected chi connectivity index (χ2v) is 7.12. The van der Waals surface area contributed by atoms with Crippen molar-refractivity contribution < 1.29 is 4.74 Å². The van der Waals surface area contributed by atoms with Crippen molar-refractivity contribution in [2.75, 3.05) is 0 Å². The van der Waals surface area contributed by atoms with Crippen LogP contribution in [0.5, 0.6) is 11.5 Å². The minimum absolute atomic E-state index is 0.904. The molecule has 1 nitrogen and oxygen atoms in total. The zero-order valence-corrected chi connectivity index (χ0v) is 17.1. The Balaban J connectivity index is 1.86. The molecule has 0 saturated heterocycles. The molecule has 0 aliphatic carbocycles. The molecule has 4 rings (SSSR count). The normalized spacial score (nSPS) is 10.7. The Hall–Kier alpha value is -3.32. The summed E-state index contributed by atoms with van der Waals surface area (Å²) in [4.78, 5) is 0. The van der Waals surface area contributed by atoms with E-state index in [0.29, 0.717) is 0 Å². The van der Waals surface area contributed by atoms with Gasteiger partial charge in [0.2, 0.25) is 0 Å². The van der Waals surface area contributed by atoms with Gasteiger partial charge in [-0.2, -0.15) is 0 Å². The second kappa shape index (κ2) is 8.79. The first-order chi connectivity index (χ1) is 14.3. The van der Waals surface area contributed by atoms with Crippen LogP contribution < -0.4 is 4.74 Å². The Morgan fingerprint density at radius 1 is 0.483 bits per heavy atom. The lowest BCUT2D eigenvalue weighted by molar-refractivity contribution is 0.485. The van der Waals surface area contributed by atoms with Gasteiger partial charge in [-0.25, -0.2) is 0 Å². The Kier molecular flexibility index (Phi) is 5.76. The van der Waals surface area contributed by atoms with Gasteiger partial charge in [0.1, 0.15) is 11.5 Å². The predicted octanol–water partition coefficient (Wildman–Crippen LogP) is 7.94. The Morgan fingerprint density at radius 3 is 1.28 bits per heavy atom. The van der Waals surface area contributed by atoms with Gasteiger partial charge in [-0.05, 0) is 47.2 Å². The lowest BCUT2D eigenvalue weighted by Crippen LogP contribution is -1.97. The topological polar surface area (TPSA) is 9.23 Å². The summed E-state index contributed by atoms with van der Waals surface area (Å²) >= 11 is 0. The van der Waals surface area contributed by atoms with Crippen LogP contribution in [0.4, 0.5) is 0 Å². The molecule has 144 valence electrons. The van der Waals surface area contributed by atoms with Crippen molar-refractivity contribution in [3.8, 4) is 33.8 Å². The van der Waals surface area contributed by atoms with Crippen LogP contribution in [-0.4, -0.2) is 0 Å². The van der Waals surface area contributed by atoms with Crippen LogP contribution in [0.25, 0.3) is 22.3 Å². The van der Waals surface area contributed by atoms with E-state index in [1.54, 1.807) is 0 Å². The molecule has 0 fully saturated rings. The lowest BCUT2D eigenvalue weighted by Gasteiger charge is -2.19.